The van der Waals surface area contributed by atoms with Gasteiger partial charge in [0.1, 0.15) is 11.8 Å². The first-order valence-corrected chi connectivity index (χ1v) is 12.4. The van der Waals surface area contributed by atoms with E-state index in [4.69, 9.17) is 4.74 Å². The molecule has 1 unspecified atom stereocenters. The summed E-state index contributed by atoms with van der Waals surface area (Å²) in [5.74, 6) is -0.0112. The Balaban J connectivity index is 1.57. The van der Waals surface area contributed by atoms with Crippen molar-refractivity contribution in [3.05, 3.63) is 60.3 Å². The second kappa shape index (κ2) is 9.34. The van der Waals surface area contributed by atoms with Crippen LogP contribution >= 0.6 is 0 Å². The second-order valence-electron chi connectivity index (χ2n) is 8.24. The minimum atomic E-state index is -4.01. The molecule has 32 heavy (non-hydrogen) atoms. The highest BCUT2D eigenvalue weighted by Crippen LogP contribution is 2.31. The summed E-state index contributed by atoms with van der Waals surface area (Å²) in [5, 5.41) is 10.7. The number of fused-ring (bicyclic) bond motifs is 1. The molecule has 0 amide bonds. The highest BCUT2D eigenvalue weighted by atomic mass is 32.2. The molecule has 4 rings (SSSR count). The van der Waals surface area contributed by atoms with Crippen LogP contribution < -0.4 is 9.46 Å². The first-order chi connectivity index (χ1) is 15.4. The predicted molar refractivity (Wildman–Crippen MR) is 122 cm³/mol. The average Bonchev–Trinajstić information content (AvgIpc) is 3.08. The third-order valence-electron chi connectivity index (χ3n) is 6.02. The van der Waals surface area contributed by atoms with Crippen LogP contribution in [0.1, 0.15) is 31.7 Å². The third-order valence-corrected chi connectivity index (χ3v) is 7.50. The lowest BCUT2D eigenvalue weighted by Gasteiger charge is -2.26. The van der Waals surface area contributed by atoms with Crippen LogP contribution in [0.15, 0.2) is 59.6 Å². The molecule has 170 valence electrons. The molecule has 2 aromatic carbocycles. The molecule has 0 aliphatic heterocycles. The third kappa shape index (κ3) is 4.81. The van der Waals surface area contributed by atoms with Crippen molar-refractivity contribution in [1.29, 1.82) is 0 Å². The average molecular weight is 457 g/mol. The standard InChI is InChI=1S/C24H28N2O5S/c1-2-31-19-10-12-20(13-11-19)32(29,30)25-22(24(27)28)14-18-16-26(15-17-6-5-7-17)23-9-4-3-8-21(18)23/h3-4,8-13,16-17,22,25H,2,5-7,14-15H2,1H3,(H,27,28). The largest absolute Gasteiger partial charge is 0.494 e. The topological polar surface area (TPSA) is 97.6 Å². The molecule has 7 nitrogen and oxygen atoms in total. The molecule has 1 atom stereocenters. The fourth-order valence-electron chi connectivity index (χ4n) is 4.13. The maximum atomic E-state index is 12.8. The fraction of sp³-hybridized carbons (Fsp3) is 0.375. The van der Waals surface area contributed by atoms with Gasteiger partial charge < -0.3 is 14.4 Å². The van der Waals surface area contributed by atoms with Crippen molar-refractivity contribution in [2.75, 3.05) is 6.61 Å². The smallest absolute Gasteiger partial charge is 0.322 e. The first kappa shape index (κ1) is 22.4. The molecule has 1 aliphatic carbocycles. The van der Waals surface area contributed by atoms with E-state index in [0.717, 1.165) is 23.0 Å². The number of para-hydroxylation sites is 1. The summed E-state index contributed by atoms with van der Waals surface area (Å²) in [7, 11) is -4.01. The Labute approximate surface area is 188 Å². The lowest BCUT2D eigenvalue weighted by molar-refractivity contribution is -0.138. The van der Waals surface area contributed by atoms with Crippen LogP contribution in [0, 0.1) is 5.92 Å². The molecule has 3 aromatic rings. The van der Waals surface area contributed by atoms with E-state index in [2.05, 4.69) is 9.29 Å². The molecular weight excluding hydrogens is 428 g/mol. The Morgan fingerprint density at radius 3 is 2.53 bits per heavy atom. The van der Waals surface area contributed by atoms with Crippen LogP contribution in [0.3, 0.4) is 0 Å². The van der Waals surface area contributed by atoms with Crippen LogP contribution in [0.2, 0.25) is 0 Å². The summed E-state index contributed by atoms with van der Waals surface area (Å²) in [4.78, 5) is 12.0. The summed E-state index contributed by atoms with van der Waals surface area (Å²) in [6.07, 6.45) is 5.71. The molecule has 1 fully saturated rings. The zero-order valence-electron chi connectivity index (χ0n) is 18.0. The van der Waals surface area contributed by atoms with Gasteiger partial charge in [-0.05, 0) is 61.6 Å². The normalized spacial score (nSPS) is 15.4. The van der Waals surface area contributed by atoms with Gasteiger partial charge in [0.25, 0.3) is 0 Å². The van der Waals surface area contributed by atoms with Crippen LogP contribution in [-0.2, 0) is 27.8 Å². The Bertz CT molecular complexity index is 1200. The molecule has 8 heteroatoms. The number of carbonyl (C=O) groups is 1. The summed E-state index contributed by atoms with van der Waals surface area (Å²) >= 11 is 0. The minimum Gasteiger partial charge on any atom is -0.494 e. The van der Waals surface area contributed by atoms with Gasteiger partial charge >= 0.3 is 5.97 Å². The molecule has 1 saturated carbocycles. The van der Waals surface area contributed by atoms with E-state index in [1.165, 1.54) is 31.4 Å². The molecule has 1 aromatic heterocycles. The maximum absolute atomic E-state index is 12.8. The van der Waals surface area contributed by atoms with Gasteiger partial charge in [-0.1, -0.05) is 24.6 Å². The van der Waals surface area contributed by atoms with Gasteiger partial charge in [0.15, 0.2) is 0 Å². The first-order valence-electron chi connectivity index (χ1n) is 10.9. The number of aliphatic carboxylic acids is 1. The van der Waals surface area contributed by atoms with E-state index < -0.39 is 22.0 Å². The highest BCUT2D eigenvalue weighted by Gasteiger charge is 2.27. The number of sulfonamides is 1. The van der Waals surface area contributed by atoms with E-state index in [-0.39, 0.29) is 11.3 Å². The van der Waals surface area contributed by atoms with Crippen molar-refractivity contribution in [1.82, 2.24) is 9.29 Å². The van der Waals surface area contributed by atoms with E-state index in [1.54, 1.807) is 12.1 Å². The Hall–Kier alpha value is -2.84. The van der Waals surface area contributed by atoms with Crippen LogP contribution in [0.25, 0.3) is 10.9 Å². The second-order valence-corrected chi connectivity index (χ2v) is 9.96. The summed E-state index contributed by atoms with van der Waals surface area (Å²) < 4.78 is 35.6. The van der Waals surface area contributed by atoms with Crippen molar-refractivity contribution in [3.63, 3.8) is 0 Å². The van der Waals surface area contributed by atoms with Gasteiger partial charge in [0.2, 0.25) is 10.0 Å². The zero-order chi connectivity index (χ0) is 22.7. The fourth-order valence-corrected chi connectivity index (χ4v) is 5.32. The highest BCUT2D eigenvalue weighted by molar-refractivity contribution is 7.89. The van der Waals surface area contributed by atoms with Gasteiger partial charge in [-0.15, -0.1) is 0 Å². The monoisotopic (exact) mass is 456 g/mol. The maximum Gasteiger partial charge on any atom is 0.322 e. The SMILES string of the molecule is CCOc1ccc(S(=O)(=O)NC(Cc2cn(CC3CCC3)c3ccccc23)C(=O)O)cc1. The van der Waals surface area contributed by atoms with Crippen LogP contribution in [0.4, 0.5) is 0 Å². The molecule has 1 aliphatic rings. The lowest BCUT2D eigenvalue weighted by atomic mass is 9.85. The van der Waals surface area contributed by atoms with E-state index >= 15 is 0 Å². The molecular formula is C24H28N2O5S. The van der Waals surface area contributed by atoms with E-state index in [1.807, 2.05) is 37.4 Å². The predicted octanol–water partition coefficient (Wildman–Crippen LogP) is 3.81. The molecule has 0 radical (unpaired) electrons. The summed E-state index contributed by atoms with van der Waals surface area (Å²) in [6, 6.07) is 12.5. The Morgan fingerprint density at radius 2 is 1.91 bits per heavy atom. The Kier molecular flexibility index (Phi) is 6.53. The van der Waals surface area contributed by atoms with Crippen molar-refractivity contribution in [3.8, 4) is 5.75 Å². The number of hydrogen-bond acceptors (Lipinski definition) is 4. The summed E-state index contributed by atoms with van der Waals surface area (Å²) in [5.41, 5.74) is 1.87. The van der Waals surface area contributed by atoms with Gasteiger partial charge in [-0.2, -0.15) is 4.72 Å². The van der Waals surface area contributed by atoms with Gasteiger partial charge in [0.05, 0.1) is 11.5 Å². The summed E-state index contributed by atoms with van der Waals surface area (Å²) in [6.45, 7) is 3.21. The van der Waals surface area contributed by atoms with Gasteiger partial charge in [-0.3, -0.25) is 4.79 Å². The number of carboxylic acids is 1. The lowest BCUT2D eigenvalue weighted by Crippen LogP contribution is -2.42. The van der Waals surface area contributed by atoms with Gasteiger partial charge in [0, 0.05) is 30.1 Å². The number of ether oxygens (including phenoxy) is 1. The molecule has 1 heterocycles. The quantitative estimate of drug-likeness (QED) is 0.483. The van der Waals surface area contributed by atoms with Gasteiger partial charge in [-0.25, -0.2) is 8.42 Å². The number of benzene rings is 2. The molecule has 2 N–H and O–H groups in total. The number of rotatable bonds is 10. The number of nitrogens with one attached hydrogen (secondary N) is 1. The molecule has 0 saturated heterocycles. The number of hydrogen-bond donors (Lipinski definition) is 2. The van der Waals surface area contributed by atoms with Crippen molar-refractivity contribution < 1.29 is 23.1 Å². The number of aromatic nitrogens is 1. The minimum absolute atomic E-state index is 0.000357. The zero-order valence-corrected chi connectivity index (χ0v) is 18.8. The van der Waals surface area contributed by atoms with Crippen LogP contribution in [-0.4, -0.2) is 36.7 Å². The van der Waals surface area contributed by atoms with Crippen molar-refractivity contribution in [2.24, 2.45) is 5.92 Å². The Morgan fingerprint density at radius 1 is 1.19 bits per heavy atom. The number of nitrogens with zero attached hydrogens (tertiary/aromatic N) is 1. The van der Waals surface area contributed by atoms with E-state index in [0.29, 0.717) is 18.3 Å². The van der Waals surface area contributed by atoms with Crippen LogP contribution in [0.5, 0.6) is 5.75 Å². The molecule has 0 bridgehead atoms. The van der Waals surface area contributed by atoms with Crippen molar-refractivity contribution in [2.45, 2.75) is 50.1 Å². The number of carboxylic acid groups (broad SMARTS) is 1. The van der Waals surface area contributed by atoms with Crippen molar-refractivity contribution >= 4 is 26.9 Å². The molecule has 0 spiro atoms. The van der Waals surface area contributed by atoms with E-state index in [9.17, 15) is 18.3 Å².